The Bertz CT molecular complexity index is 676. The van der Waals surface area contributed by atoms with E-state index < -0.39 is 0 Å². The highest BCUT2D eigenvalue weighted by molar-refractivity contribution is 6.30. The van der Waals surface area contributed by atoms with Crippen molar-refractivity contribution in [2.75, 3.05) is 32.7 Å². The molecule has 1 fully saturated rings. The Morgan fingerprint density at radius 1 is 1.21 bits per heavy atom. The zero-order valence-electron chi connectivity index (χ0n) is 13.9. The predicted molar refractivity (Wildman–Crippen MR) is 94.0 cm³/mol. The number of hydrogen-bond acceptors (Lipinski definition) is 4. The van der Waals surface area contributed by atoms with Crippen LogP contribution in [0.2, 0.25) is 5.02 Å². The van der Waals surface area contributed by atoms with Crippen molar-refractivity contribution in [3.8, 4) is 11.3 Å². The lowest BCUT2D eigenvalue weighted by Crippen LogP contribution is -2.48. The molecule has 0 atom stereocenters. The van der Waals surface area contributed by atoms with Crippen molar-refractivity contribution >= 4 is 17.5 Å². The third kappa shape index (κ3) is 4.16. The molecule has 0 radical (unpaired) electrons. The molecule has 1 amide bonds. The molecule has 0 bridgehead atoms. The molecular weight excluding hydrogens is 326 g/mol. The smallest absolute Gasteiger partial charge is 0.223 e. The Morgan fingerprint density at radius 2 is 1.92 bits per heavy atom. The molecule has 3 rings (SSSR count). The fourth-order valence-electron chi connectivity index (χ4n) is 2.86. The number of amides is 1. The van der Waals surface area contributed by atoms with E-state index in [0.29, 0.717) is 29.5 Å². The molecule has 1 aliphatic heterocycles. The number of benzene rings is 1. The van der Waals surface area contributed by atoms with Crippen molar-refractivity contribution in [3.63, 3.8) is 0 Å². The maximum Gasteiger partial charge on any atom is 0.223 e. The molecule has 1 aliphatic rings. The van der Waals surface area contributed by atoms with Crippen LogP contribution >= 0.6 is 11.6 Å². The van der Waals surface area contributed by atoms with E-state index in [1.165, 1.54) is 0 Å². The summed E-state index contributed by atoms with van der Waals surface area (Å²) in [7, 11) is 0. The topological polar surface area (TPSA) is 49.6 Å². The zero-order valence-corrected chi connectivity index (χ0v) is 14.6. The van der Waals surface area contributed by atoms with Crippen LogP contribution in [0.3, 0.4) is 0 Å². The second kappa shape index (κ2) is 7.81. The Balaban J connectivity index is 1.52. The standard InChI is InChI=1S/C18H22ClN3O2/c1-2-21-9-11-22(12-10-21)18(23)8-7-17-20-13-16(24-17)14-3-5-15(19)6-4-14/h3-6,13H,2,7-12H2,1H3. The lowest BCUT2D eigenvalue weighted by molar-refractivity contribution is -0.132. The second-order valence-electron chi connectivity index (χ2n) is 5.94. The first kappa shape index (κ1) is 17.0. The van der Waals surface area contributed by atoms with E-state index in [1.54, 1.807) is 6.20 Å². The number of aryl methyl sites for hydroxylation is 1. The molecule has 0 spiro atoms. The van der Waals surface area contributed by atoms with Crippen LogP contribution in [-0.4, -0.2) is 53.4 Å². The lowest BCUT2D eigenvalue weighted by Gasteiger charge is -2.34. The van der Waals surface area contributed by atoms with Crippen LogP contribution < -0.4 is 0 Å². The fraction of sp³-hybridized carbons (Fsp3) is 0.444. The van der Waals surface area contributed by atoms with E-state index in [2.05, 4.69) is 16.8 Å². The molecule has 2 heterocycles. The number of carbonyl (C=O) groups excluding carboxylic acids is 1. The molecule has 0 unspecified atom stereocenters. The quantitative estimate of drug-likeness (QED) is 0.834. The number of likely N-dealkylation sites (N-methyl/N-ethyl adjacent to an activating group) is 1. The van der Waals surface area contributed by atoms with Gasteiger partial charge in [-0.1, -0.05) is 18.5 Å². The van der Waals surface area contributed by atoms with E-state index in [0.717, 1.165) is 38.3 Å². The minimum atomic E-state index is 0.178. The molecule has 1 aromatic carbocycles. The maximum absolute atomic E-state index is 12.3. The Morgan fingerprint density at radius 3 is 2.58 bits per heavy atom. The Kier molecular flexibility index (Phi) is 5.53. The van der Waals surface area contributed by atoms with Gasteiger partial charge in [-0.2, -0.15) is 0 Å². The number of rotatable bonds is 5. The third-order valence-electron chi connectivity index (χ3n) is 4.41. The van der Waals surface area contributed by atoms with Gasteiger partial charge in [-0.3, -0.25) is 4.79 Å². The highest BCUT2D eigenvalue weighted by Crippen LogP contribution is 2.22. The van der Waals surface area contributed by atoms with Crippen LogP contribution in [0.15, 0.2) is 34.9 Å². The molecule has 5 nitrogen and oxygen atoms in total. The monoisotopic (exact) mass is 347 g/mol. The minimum Gasteiger partial charge on any atom is -0.441 e. The summed E-state index contributed by atoms with van der Waals surface area (Å²) in [5.41, 5.74) is 0.931. The molecule has 0 N–H and O–H groups in total. The molecular formula is C18H22ClN3O2. The first-order chi connectivity index (χ1) is 11.7. The van der Waals surface area contributed by atoms with Gasteiger partial charge in [0, 0.05) is 49.6 Å². The van der Waals surface area contributed by atoms with Crippen LogP contribution in [0, 0.1) is 0 Å². The molecule has 24 heavy (non-hydrogen) atoms. The van der Waals surface area contributed by atoms with E-state index in [4.69, 9.17) is 16.0 Å². The molecule has 2 aromatic rings. The summed E-state index contributed by atoms with van der Waals surface area (Å²) >= 11 is 5.89. The van der Waals surface area contributed by atoms with Crippen molar-refractivity contribution < 1.29 is 9.21 Å². The van der Waals surface area contributed by atoms with Gasteiger partial charge in [0.1, 0.15) is 0 Å². The molecule has 0 saturated carbocycles. The van der Waals surface area contributed by atoms with Gasteiger partial charge in [0.2, 0.25) is 5.91 Å². The first-order valence-corrected chi connectivity index (χ1v) is 8.74. The highest BCUT2D eigenvalue weighted by Gasteiger charge is 2.20. The summed E-state index contributed by atoms with van der Waals surface area (Å²) in [6, 6.07) is 7.42. The Labute approximate surface area is 147 Å². The van der Waals surface area contributed by atoms with Crippen molar-refractivity contribution in [2.24, 2.45) is 0 Å². The number of piperazine rings is 1. The van der Waals surface area contributed by atoms with Crippen molar-refractivity contribution in [1.82, 2.24) is 14.8 Å². The summed E-state index contributed by atoms with van der Waals surface area (Å²) in [6.45, 7) is 6.75. The van der Waals surface area contributed by atoms with Gasteiger partial charge in [-0.15, -0.1) is 0 Å². The van der Waals surface area contributed by atoms with E-state index in [-0.39, 0.29) is 5.91 Å². The largest absolute Gasteiger partial charge is 0.441 e. The van der Waals surface area contributed by atoms with Gasteiger partial charge < -0.3 is 14.2 Å². The summed E-state index contributed by atoms with van der Waals surface area (Å²) in [5, 5.41) is 0.687. The number of aromatic nitrogens is 1. The van der Waals surface area contributed by atoms with Gasteiger partial charge in [-0.05, 0) is 30.8 Å². The molecule has 1 saturated heterocycles. The fourth-order valence-corrected chi connectivity index (χ4v) is 2.98. The van der Waals surface area contributed by atoms with Crippen LogP contribution in [0.5, 0.6) is 0 Å². The van der Waals surface area contributed by atoms with Gasteiger partial charge in [0.25, 0.3) is 0 Å². The predicted octanol–water partition coefficient (Wildman–Crippen LogP) is 3.09. The second-order valence-corrected chi connectivity index (χ2v) is 6.38. The summed E-state index contributed by atoms with van der Waals surface area (Å²) in [6.07, 6.45) is 2.66. The average molecular weight is 348 g/mol. The number of carbonyl (C=O) groups is 1. The van der Waals surface area contributed by atoms with Gasteiger partial charge in [0.05, 0.1) is 6.20 Å². The van der Waals surface area contributed by atoms with Crippen molar-refractivity contribution in [3.05, 3.63) is 41.4 Å². The average Bonchev–Trinajstić information content (AvgIpc) is 3.09. The third-order valence-corrected chi connectivity index (χ3v) is 4.66. The molecule has 128 valence electrons. The van der Waals surface area contributed by atoms with Gasteiger partial charge in [-0.25, -0.2) is 4.98 Å². The first-order valence-electron chi connectivity index (χ1n) is 8.36. The summed E-state index contributed by atoms with van der Waals surface area (Å²) in [5.74, 6) is 1.48. The summed E-state index contributed by atoms with van der Waals surface area (Å²) < 4.78 is 5.75. The van der Waals surface area contributed by atoms with Crippen LogP contribution in [0.1, 0.15) is 19.2 Å². The van der Waals surface area contributed by atoms with Crippen molar-refractivity contribution in [1.29, 1.82) is 0 Å². The SMILES string of the molecule is CCN1CCN(C(=O)CCc2ncc(-c3ccc(Cl)cc3)o2)CC1. The normalized spacial score (nSPS) is 15.7. The number of hydrogen-bond donors (Lipinski definition) is 0. The zero-order chi connectivity index (χ0) is 16.9. The Hall–Kier alpha value is -1.85. The van der Waals surface area contributed by atoms with E-state index in [9.17, 15) is 4.79 Å². The molecule has 6 heteroatoms. The molecule has 1 aromatic heterocycles. The highest BCUT2D eigenvalue weighted by atomic mass is 35.5. The lowest BCUT2D eigenvalue weighted by atomic mass is 10.2. The van der Waals surface area contributed by atoms with Crippen molar-refractivity contribution in [2.45, 2.75) is 19.8 Å². The van der Waals surface area contributed by atoms with Crippen LogP contribution in [-0.2, 0) is 11.2 Å². The number of nitrogens with zero attached hydrogens (tertiary/aromatic N) is 3. The number of halogens is 1. The minimum absolute atomic E-state index is 0.178. The van der Waals surface area contributed by atoms with E-state index >= 15 is 0 Å². The summed E-state index contributed by atoms with van der Waals surface area (Å²) in [4.78, 5) is 20.9. The molecule has 0 aliphatic carbocycles. The van der Waals surface area contributed by atoms with Gasteiger partial charge in [0.15, 0.2) is 11.7 Å². The maximum atomic E-state index is 12.3. The van der Waals surface area contributed by atoms with E-state index in [1.807, 2.05) is 29.2 Å². The van der Waals surface area contributed by atoms with Crippen LogP contribution in [0.25, 0.3) is 11.3 Å². The number of oxazole rings is 1. The van der Waals surface area contributed by atoms with Gasteiger partial charge >= 0.3 is 0 Å². The van der Waals surface area contributed by atoms with Crippen LogP contribution in [0.4, 0.5) is 0 Å².